The third-order valence-electron chi connectivity index (χ3n) is 5.71. The molecular weight excluding hydrogens is 346 g/mol. The van der Waals surface area contributed by atoms with E-state index in [-0.39, 0.29) is 29.6 Å². The van der Waals surface area contributed by atoms with Crippen LogP contribution in [0.4, 0.5) is 5.69 Å². The van der Waals surface area contributed by atoms with Crippen LogP contribution in [0, 0.1) is 22.0 Å². The minimum Gasteiger partial charge on any atom is -0.353 e. The van der Waals surface area contributed by atoms with Gasteiger partial charge in [-0.05, 0) is 54.9 Å². The highest BCUT2D eigenvalue weighted by Crippen LogP contribution is 2.36. The molecule has 4 atom stereocenters. The first-order valence-electron chi connectivity index (χ1n) is 9.48. The lowest BCUT2D eigenvalue weighted by Gasteiger charge is -2.43. The Bertz CT molecular complexity index is 744. The van der Waals surface area contributed by atoms with E-state index in [0.29, 0.717) is 18.3 Å². The first-order chi connectivity index (χ1) is 13.0. The molecule has 1 saturated carbocycles. The van der Waals surface area contributed by atoms with Crippen LogP contribution in [0.5, 0.6) is 0 Å². The Kier molecular flexibility index (Phi) is 5.88. The van der Waals surface area contributed by atoms with Crippen molar-refractivity contribution in [3.05, 3.63) is 46.0 Å². The number of carbonyl (C=O) groups excluding carboxylic acids is 2. The van der Waals surface area contributed by atoms with Crippen LogP contribution in [0.15, 0.2) is 30.3 Å². The lowest BCUT2D eigenvalue weighted by atomic mass is 9.70. The lowest BCUT2D eigenvalue weighted by molar-refractivity contribution is -0.384. The molecule has 0 bridgehead atoms. The molecule has 3 rings (SSSR count). The molecule has 144 valence electrons. The van der Waals surface area contributed by atoms with Crippen molar-refractivity contribution in [3.63, 3.8) is 0 Å². The Morgan fingerprint density at radius 3 is 2.74 bits per heavy atom. The topological polar surface area (TPSA) is 101 Å². The summed E-state index contributed by atoms with van der Waals surface area (Å²) in [6, 6.07) is 6.24. The van der Waals surface area contributed by atoms with E-state index >= 15 is 0 Å². The molecule has 1 aromatic carbocycles. The smallest absolute Gasteiger partial charge is 0.269 e. The van der Waals surface area contributed by atoms with Gasteiger partial charge in [-0.2, -0.15) is 0 Å². The Labute approximate surface area is 158 Å². The van der Waals surface area contributed by atoms with Gasteiger partial charge in [0.2, 0.25) is 11.8 Å². The van der Waals surface area contributed by atoms with E-state index in [2.05, 4.69) is 17.6 Å². The maximum atomic E-state index is 12.2. The van der Waals surface area contributed by atoms with E-state index in [4.69, 9.17) is 0 Å². The summed E-state index contributed by atoms with van der Waals surface area (Å²) < 4.78 is 0. The van der Waals surface area contributed by atoms with Crippen molar-refractivity contribution >= 4 is 23.6 Å². The molecular formula is C20H25N3O4. The van der Waals surface area contributed by atoms with Gasteiger partial charge in [-0.15, -0.1) is 0 Å². The second-order valence-corrected chi connectivity index (χ2v) is 7.41. The number of amides is 2. The van der Waals surface area contributed by atoms with Crippen molar-refractivity contribution in [2.45, 2.75) is 51.1 Å². The van der Waals surface area contributed by atoms with Crippen molar-refractivity contribution < 1.29 is 14.5 Å². The SMILES string of the molecule is CCC1CC(=O)NC2CC(NC(=O)/C=C\c3ccc([N+](=O)[O-])cc3)CCC12. The number of non-ortho nitro benzene ring substituents is 1. The maximum absolute atomic E-state index is 12.2. The summed E-state index contributed by atoms with van der Waals surface area (Å²) in [5.41, 5.74) is 0.748. The third kappa shape index (κ3) is 4.72. The quantitative estimate of drug-likeness (QED) is 0.472. The molecule has 0 radical (unpaired) electrons. The van der Waals surface area contributed by atoms with Crippen LogP contribution in [0.25, 0.3) is 6.08 Å². The number of hydrogen-bond acceptors (Lipinski definition) is 4. The van der Waals surface area contributed by atoms with Crippen LogP contribution in [-0.4, -0.2) is 28.8 Å². The first kappa shape index (κ1) is 19.1. The standard InChI is InChI=1S/C20H25N3O4/c1-2-14-11-20(25)22-18-12-15(6-9-17(14)18)21-19(24)10-5-13-3-7-16(8-4-13)23(26)27/h3-5,7-8,10,14-15,17-18H,2,6,9,11-12H2,1H3,(H,21,24)(H,22,25)/b10-5-. The molecule has 1 aromatic rings. The van der Waals surface area contributed by atoms with E-state index in [1.54, 1.807) is 18.2 Å². The summed E-state index contributed by atoms with van der Waals surface area (Å²) in [5.74, 6) is 0.887. The fourth-order valence-corrected chi connectivity index (χ4v) is 4.29. The maximum Gasteiger partial charge on any atom is 0.269 e. The minimum absolute atomic E-state index is 0.0215. The van der Waals surface area contributed by atoms with E-state index in [1.165, 1.54) is 18.2 Å². The fraction of sp³-hybridized carbons (Fsp3) is 0.500. The highest BCUT2D eigenvalue weighted by Gasteiger charge is 2.39. The van der Waals surface area contributed by atoms with Gasteiger partial charge in [-0.3, -0.25) is 19.7 Å². The van der Waals surface area contributed by atoms with Gasteiger partial charge in [-0.25, -0.2) is 0 Å². The number of rotatable bonds is 5. The summed E-state index contributed by atoms with van der Waals surface area (Å²) in [5, 5.41) is 16.8. The van der Waals surface area contributed by atoms with Gasteiger partial charge in [-0.1, -0.05) is 13.3 Å². The molecule has 2 aliphatic rings. The molecule has 1 heterocycles. The zero-order valence-corrected chi connectivity index (χ0v) is 15.4. The Balaban J connectivity index is 1.54. The van der Waals surface area contributed by atoms with Crippen LogP contribution in [0.1, 0.15) is 44.6 Å². The molecule has 7 nitrogen and oxygen atoms in total. The number of nitro benzene ring substituents is 1. The van der Waals surface area contributed by atoms with Crippen molar-refractivity contribution in [1.29, 1.82) is 0 Å². The summed E-state index contributed by atoms with van der Waals surface area (Å²) in [4.78, 5) is 34.3. The van der Waals surface area contributed by atoms with Gasteiger partial charge < -0.3 is 10.6 Å². The second-order valence-electron chi connectivity index (χ2n) is 7.41. The largest absolute Gasteiger partial charge is 0.353 e. The number of hydrogen-bond donors (Lipinski definition) is 2. The average Bonchev–Trinajstić information content (AvgIpc) is 2.65. The van der Waals surface area contributed by atoms with Gasteiger partial charge in [0.1, 0.15) is 0 Å². The number of piperidine rings is 1. The Hall–Kier alpha value is -2.70. The molecule has 1 aliphatic heterocycles. The number of nitrogens with zero attached hydrogens (tertiary/aromatic N) is 1. The fourth-order valence-electron chi connectivity index (χ4n) is 4.29. The van der Waals surface area contributed by atoms with Crippen LogP contribution in [0.2, 0.25) is 0 Å². The highest BCUT2D eigenvalue weighted by molar-refractivity contribution is 5.92. The summed E-state index contributed by atoms with van der Waals surface area (Å²) in [6.07, 6.45) is 7.42. The van der Waals surface area contributed by atoms with Crippen molar-refractivity contribution in [1.82, 2.24) is 10.6 Å². The summed E-state index contributed by atoms with van der Waals surface area (Å²) in [6.45, 7) is 2.14. The van der Waals surface area contributed by atoms with Gasteiger partial charge in [0, 0.05) is 36.7 Å². The summed E-state index contributed by atoms with van der Waals surface area (Å²) >= 11 is 0. The van der Waals surface area contributed by atoms with E-state index in [1.807, 2.05) is 0 Å². The number of nitrogens with one attached hydrogen (secondary N) is 2. The third-order valence-corrected chi connectivity index (χ3v) is 5.71. The normalized spacial score (nSPS) is 27.7. The molecule has 1 saturated heterocycles. The molecule has 4 unspecified atom stereocenters. The van der Waals surface area contributed by atoms with E-state index < -0.39 is 4.92 Å². The number of carbonyl (C=O) groups is 2. The molecule has 2 fully saturated rings. The number of benzene rings is 1. The van der Waals surface area contributed by atoms with Crippen molar-refractivity contribution in [2.75, 3.05) is 0 Å². The summed E-state index contributed by atoms with van der Waals surface area (Å²) in [7, 11) is 0. The monoisotopic (exact) mass is 371 g/mol. The zero-order chi connectivity index (χ0) is 19.4. The van der Waals surface area contributed by atoms with Gasteiger partial charge in [0.05, 0.1) is 4.92 Å². The van der Waals surface area contributed by atoms with Crippen molar-refractivity contribution in [3.8, 4) is 0 Å². The van der Waals surface area contributed by atoms with Gasteiger partial charge >= 0.3 is 0 Å². The zero-order valence-electron chi connectivity index (χ0n) is 15.4. The molecule has 2 amide bonds. The van der Waals surface area contributed by atoms with E-state index in [0.717, 1.165) is 31.2 Å². The lowest BCUT2D eigenvalue weighted by Crippen LogP contribution is -2.55. The molecule has 2 N–H and O–H groups in total. The van der Waals surface area contributed by atoms with Crippen LogP contribution < -0.4 is 10.6 Å². The van der Waals surface area contributed by atoms with Crippen LogP contribution in [-0.2, 0) is 9.59 Å². The average molecular weight is 371 g/mol. The molecule has 0 aromatic heterocycles. The number of fused-ring (bicyclic) bond motifs is 1. The van der Waals surface area contributed by atoms with E-state index in [9.17, 15) is 19.7 Å². The Morgan fingerprint density at radius 2 is 2.07 bits per heavy atom. The van der Waals surface area contributed by atoms with Crippen LogP contribution in [0.3, 0.4) is 0 Å². The van der Waals surface area contributed by atoms with Gasteiger partial charge in [0.15, 0.2) is 0 Å². The molecule has 7 heteroatoms. The predicted octanol–water partition coefficient (Wildman–Crippen LogP) is 2.81. The predicted molar refractivity (Wildman–Crippen MR) is 102 cm³/mol. The highest BCUT2D eigenvalue weighted by atomic mass is 16.6. The first-order valence-corrected chi connectivity index (χ1v) is 9.48. The second kappa shape index (κ2) is 8.33. The van der Waals surface area contributed by atoms with Gasteiger partial charge in [0.25, 0.3) is 5.69 Å². The molecule has 0 spiro atoms. The Morgan fingerprint density at radius 1 is 1.33 bits per heavy atom. The minimum atomic E-state index is -0.455. The van der Waals surface area contributed by atoms with Crippen LogP contribution >= 0.6 is 0 Å². The number of nitro groups is 1. The molecule has 1 aliphatic carbocycles. The van der Waals surface area contributed by atoms with Crippen molar-refractivity contribution in [2.24, 2.45) is 11.8 Å². The molecule has 27 heavy (non-hydrogen) atoms.